The molecule has 0 atom stereocenters. The van der Waals surface area contributed by atoms with Gasteiger partial charge >= 0.3 is 11.4 Å². The molecule has 0 aliphatic carbocycles. The molecule has 1 nitrogen and oxygen atoms in total. The monoisotopic (exact) mass is 363 g/mol. The van der Waals surface area contributed by atoms with Crippen LogP contribution in [0.25, 0.3) is 0 Å². The lowest BCUT2D eigenvalue weighted by Gasteiger charge is -2.18. The molecule has 0 aliphatic rings. The molecule has 1 aromatic carbocycles. The normalized spacial score (nSPS) is 12.7. The van der Waals surface area contributed by atoms with Gasteiger partial charge in [-0.3, -0.25) is 0 Å². The molecular formula is C11H11BrF5NS. The van der Waals surface area contributed by atoms with Crippen molar-refractivity contribution in [1.29, 1.82) is 0 Å². The zero-order valence-electron chi connectivity index (χ0n) is 9.61. The Morgan fingerprint density at radius 3 is 2.16 bits per heavy atom. The third-order valence-corrected chi connectivity index (χ3v) is 3.67. The fourth-order valence-corrected chi connectivity index (χ4v) is 2.10. The molecule has 1 N–H and O–H groups in total. The minimum Gasteiger partial charge on any atom is -0.312 e. The molecule has 0 heterocycles. The van der Waals surface area contributed by atoms with Crippen LogP contribution in [0, 0.1) is 0 Å². The summed E-state index contributed by atoms with van der Waals surface area (Å²) in [5.41, 5.74) is 0.927. The van der Waals surface area contributed by atoms with Gasteiger partial charge in [-0.15, -0.1) is 0 Å². The van der Waals surface area contributed by atoms with Crippen LogP contribution >= 0.6 is 27.7 Å². The van der Waals surface area contributed by atoms with Crippen LogP contribution in [0.2, 0.25) is 0 Å². The van der Waals surface area contributed by atoms with Crippen LogP contribution in [-0.4, -0.2) is 23.7 Å². The smallest absolute Gasteiger partial charge is 0.312 e. The summed E-state index contributed by atoms with van der Waals surface area (Å²) in [4.78, 5) is 0. The lowest BCUT2D eigenvalue weighted by Crippen LogP contribution is -2.34. The van der Waals surface area contributed by atoms with Gasteiger partial charge in [-0.1, -0.05) is 39.8 Å². The second-order valence-corrected chi connectivity index (χ2v) is 5.79. The average molecular weight is 364 g/mol. The Balaban J connectivity index is 2.23. The van der Waals surface area contributed by atoms with Crippen molar-refractivity contribution in [2.45, 2.75) is 18.0 Å². The Kier molecular flexibility index (Phi) is 6.07. The minimum absolute atomic E-state index is 0.0758. The standard InChI is InChI=1S/C11H11BrF5NS/c12-9-3-1-8(2-4-9)7-18-5-6-19-11(16,17)10(13,14)15/h1-4,18H,5-7H2. The van der Waals surface area contributed by atoms with E-state index in [9.17, 15) is 22.0 Å². The zero-order chi connectivity index (χ0) is 14.5. The molecule has 0 fully saturated rings. The summed E-state index contributed by atoms with van der Waals surface area (Å²) in [7, 11) is 0. The maximum absolute atomic E-state index is 12.5. The number of thioether (sulfide) groups is 1. The highest BCUT2D eigenvalue weighted by Gasteiger charge is 2.57. The molecule has 108 valence electrons. The van der Waals surface area contributed by atoms with Gasteiger partial charge in [0, 0.05) is 23.3 Å². The minimum atomic E-state index is -5.50. The molecule has 0 saturated carbocycles. The molecule has 0 amide bonds. The van der Waals surface area contributed by atoms with Crippen LogP contribution in [-0.2, 0) is 6.54 Å². The molecule has 0 unspecified atom stereocenters. The first-order valence-corrected chi connectivity index (χ1v) is 7.04. The van der Waals surface area contributed by atoms with E-state index in [1.807, 2.05) is 24.3 Å². The van der Waals surface area contributed by atoms with Gasteiger partial charge < -0.3 is 5.32 Å². The highest BCUT2D eigenvalue weighted by molar-refractivity contribution is 9.10. The SMILES string of the molecule is FC(F)(F)C(F)(F)SCCNCc1ccc(Br)cc1. The predicted molar refractivity (Wildman–Crippen MR) is 69.3 cm³/mol. The van der Waals surface area contributed by atoms with Gasteiger partial charge in [0.15, 0.2) is 0 Å². The van der Waals surface area contributed by atoms with Crippen molar-refractivity contribution in [2.24, 2.45) is 0 Å². The van der Waals surface area contributed by atoms with E-state index in [0.717, 1.165) is 10.0 Å². The molecule has 0 saturated heterocycles. The zero-order valence-corrected chi connectivity index (χ0v) is 12.0. The molecule has 0 aromatic heterocycles. The van der Waals surface area contributed by atoms with E-state index in [1.54, 1.807) is 0 Å². The van der Waals surface area contributed by atoms with Crippen molar-refractivity contribution in [3.8, 4) is 0 Å². The van der Waals surface area contributed by atoms with E-state index in [2.05, 4.69) is 21.2 Å². The van der Waals surface area contributed by atoms with E-state index in [0.29, 0.717) is 6.54 Å². The number of alkyl halides is 5. The van der Waals surface area contributed by atoms with Crippen molar-refractivity contribution in [3.63, 3.8) is 0 Å². The number of hydrogen-bond donors (Lipinski definition) is 1. The maximum atomic E-state index is 12.5. The summed E-state index contributed by atoms with van der Waals surface area (Å²) in [6.45, 7) is 0.498. The van der Waals surface area contributed by atoms with Gasteiger partial charge in [0.25, 0.3) is 0 Å². The van der Waals surface area contributed by atoms with Gasteiger partial charge in [0.05, 0.1) is 0 Å². The Hall–Kier alpha value is -0.340. The molecule has 8 heteroatoms. The maximum Gasteiger partial charge on any atom is 0.464 e. The summed E-state index contributed by atoms with van der Waals surface area (Å²) in [6, 6.07) is 7.30. The van der Waals surface area contributed by atoms with E-state index >= 15 is 0 Å². The predicted octanol–water partition coefficient (Wildman–Crippen LogP) is 4.43. The van der Waals surface area contributed by atoms with Gasteiger partial charge in [-0.2, -0.15) is 22.0 Å². The lowest BCUT2D eigenvalue weighted by atomic mass is 10.2. The highest BCUT2D eigenvalue weighted by atomic mass is 79.9. The number of nitrogens with one attached hydrogen (secondary N) is 1. The Morgan fingerprint density at radius 1 is 1.05 bits per heavy atom. The van der Waals surface area contributed by atoms with Crippen LogP contribution in [0.4, 0.5) is 22.0 Å². The Labute approximate surface area is 120 Å². The summed E-state index contributed by atoms with van der Waals surface area (Å²) in [5, 5.41) is -1.88. The summed E-state index contributed by atoms with van der Waals surface area (Å²) >= 11 is 2.86. The first kappa shape index (κ1) is 16.7. The van der Waals surface area contributed by atoms with Gasteiger partial charge in [0.2, 0.25) is 0 Å². The van der Waals surface area contributed by atoms with Crippen LogP contribution in [0.1, 0.15) is 5.56 Å². The largest absolute Gasteiger partial charge is 0.464 e. The van der Waals surface area contributed by atoms with Crippen LogP contribution < -0.4 is 5.32 Å². The van der Waals surface area contributed by atoms with Crippen LogP contribution in [0.3, 0.4) is 0 Å². The van der Waals surface area contributed by atoms with E-state index < -0.39 is 23.2 Å². The molecule has 0 radical (unpaired) electrons. The molecular weight excluding hydrogens is 353 g/mol. The van der Waals surface area contributed by atoms with E-state index in [4.69, 9.17) is 0 Å². The molecule has 0 spiro atoms. The van der Waals surface area contributed by atoms with Crippen molar-refractivity contribution in [3.05, 3.63) is 34.3 Å². The Morgan fingerprint density at radius 2 is 1.63 bits per heavy atom. The van der Waals surface area contributed by atoms with Crippen molar-refractivity contribution < 1.29 is 22.0 Å². The second kappa shape index (κ2) is 6.90. The lowest BCUT2D eigenvalue weighted by molar-refractivity contribution is -0.237. The summed E-state index contributed by atoms with van der Waals surface area (Å²) in [5.74, 6) is -0.316. The second-order valence-electron chi connectivity index (χ2n) is 3.67. The molecule has 19 heavy (non-hydrogen) atoms. The van der Waals surface area contributed by atoms with E-state index in [-0.39, 0.29) is 12.3 Å². The fourth-order valence-electron chi connectivity index (χ4n) is 1.17. The molecule has 1 rings (SSSR count). The number of halogens is 6. The van der Waals surface area contributed by atoms with Gasteiger partial charge in [-0.25, -0.2) is 0 Å². The molecule has 1 aromatic rings. The first-order valence-electron chi connectivity index (χ1n) is 5.26. The summed E-state index contributed by atoms with van der Waals surface area (Å²) < 4.78 is 61.5. The molecule has 0 bridgehead atoms. The summed E-state index contributed by atoms with van der Waals surface area (Å²) in [6.07, 6.45) is -5.50. The fraction of sp³-hybridized carbons (Fsp3) is 0.455. The van der Waals surface area contributed by atoms with Gasteiger partial charge in [-0.05, 0) is 17.7 Å². The van der Waals surface area contributed by atoms with Crippen molar-refractivity contribution >= 4 is 27.7 Å². The first-order chi connectivity index (χ1) is 8.72. The van der Waals surface area contributed by atoms with Crippen LogP contribution in [0.5, 0.6) is 0 Å². The average Bonchev–Trinajstić information content (AvgIpc) is 2.29. The topological polar surface area (TPSA) is 12.0 Å². The number of rotatable bonds is 6. The van der Waals surface area contributed by atoms with Crippen molar-refractivity contribution in [1.82, 2.24) is 5.32 Å². The third-order valence-electron chi connectivity index (χ3n) is 2.13. The van der Waals surface area contributed by atoms with E-state index in [1.165, 1.54) is 0 Å². The Bertz CT molecular complexity index is 393. The highest BCUT2D eigenvalue weighted by Crippen LogP contribution is 2.43. The van der Waals surface area contributed by atoms with Gasteiger partial charge in [0.1, 0.15) is 0 Å². The van der Waals surface area contributed by atoms with Crippen molar-refractivity contribution in [2.75, 3.05) is 12.3 Å². The third kappa shape index (κ3) is 5.66. The van der Waals surface area contributed by atoms with Crippen LogP contribution in [0.15, 0.2) is 28.7 Å². The quantitative estimate of drug-likeness (QED) is 0.592. The number of hydrogen-bond acceptors (Lipinski definition) is 2. The number of benzene rings is 1. The molecule has 0 aliphatic heterocycles.